The molecule has 2 N–H and O–H groups in total. The number of piperidine rings is 1. The molecule has 0 bridgehead atoms. The number of pyridine rings is 1. The van der Waals surface area contributed by atoms with Crippen molar-refractivity contribution in [2.24, 2.45) is 7.05 Å². The number of rotatable bonds is 6. The molecule has 1 fully saturated rings. The molecule has 0 unspecified atom stereocenters. The van der Waals surface area contributed by atoms with E-state index in [0.29, 0.717) is 59.0 Å². The molecule has 258 valence electrons. The third-order valence-corrected chi connectivity index (χ3v) is 9.67. The Hall–Kier alpha value is -4.93. The first kappa shape index (κ1) is 34.0. The summed E-state index contributed by atoms with van der Waals surface area (Å²) in [5, 5.41) is 5.46. The first-order valence-electron chi connectivity index (χ1n) is 16.9. The summed E-state index contributed by atoms with van der Waals surface area (Å²) >= 11 is 0. The van der Waals surface area contributed by atoms with Crippen molar-refractivity contribution >= 4 is 33.7 Å². The molecule has 0 radical (unpaired) electrons. The van der Waals surface area contributed by atoms with Crippen LogP contribution in [0.4, 0.5) is 35.9 Å². The fourth-order valence-electron chi connectivity index (χ4n) is 7.17. The highest BCUT2D eigenvalue weighted by Gasteiger charge is 2.28. The number of aromatic nitrogens is 3. The number of ether oxygens (including phenoxy) is 1. The standard InChI is InChI=1S/C36H37F3N6O2.C2H6/c1-21-13-29-33(42(2)36(21)46)16-26(47-3)17-34(29)44-10-4-5-22-14-27(28(35(38)39)18-32(22)44)23-19-41-45(20-23)25-8-11-43(12-9-25)31-7-6-24(40)15-30(31)37;1-2/h6-7,13-20,25,35H,4-5,8-12,40H2,1-3H3;1-2H3. The fraction of sp³-hybridized carbons (Fsp3) is 0.368. The van der Waals surface area contributed by atoms with E-state index >= 15 is 0 Å². The summed E-state index contributed by atoms with van der Waals surface area (Å²) in [5.74, 6) is 0.247. The first-order valence-corrected chi connectivity index (χ1v) is 16.9. The molecule has 0 amide bonds. The van der Waals surface area contributed by atoms with E-state index < -0.39 is 6.43 Å². The highest BCUT2D eigenvalue weighted by atomic mass is 19.3. The second-order valence-electron chi connectivity index (χ2n) is 12.5. The Morgan fingerprint density at radius 3 is 2.43 bits per heavy atom. The Kier molecular flexibility index (Phi) is 9.63. The summed E-state index contributed by atoms with van der Waals surface area (Å²) in [6.07, 6.45) is 3.88. The second kappa shape index (κ2) is 13.9. The zero-order valence-electron chi connectivity index (χ0n) is 28.6. The topological polar surface area (TPSA) is 81.6 Å². The lowest BCUT2D eigenvalue weighted by Gasteiger charge is -2.34. The van der Waals surface area contributed by atoms with Crippen molar-refractivity contribution in [3.05, 3.63) is 93.8 Å². The van der Waals surface area contributed by atoms with Gasteiger partial charge in [0.2, 0.25) is 0 Å². The largest absolute Gasteiger partial charge is 0.497 e. The molecule has 2 aliphatic rings. The molecule has 11 heteroatoms. The van der Waals surface area contributed by atoms with Crippen LogP contribution >= 0.6 is 0 Å². The SMILES string of the molecule is CC.COc1cc(N2CCCc3cc(-c4cnn(C5CCN(c6ccc(N)cc6F)CC5)c4)c(C(F)F)cc32)c2cc(C)c(=O)n(C)c2c1. The minimum Gasteiger partial charge on any atom is -0.497 e. The Labute approximate surface area is 284 Å². The number of methoxy groups -OCH3 is 1. The normalized spacial score (nSPS) is 15.0. The molecular weight excluding hydrogens is 629 g/mol. The molecule has 0 saturated carbocycles. The van der Waals surface area contributed by atoms with Gasteiger partial charge in [-0.25, -0.2) is 13.2 Å². The predicted molar refractivity (Wildman–Crippen MR) is 191 cm³/mol. The van der Waals surface area contributed by atoms with Gasteiger partial charge in [-0.15, -0.1) is 0 Å². The van der Waals surface area contributed by atoms with Gasteiger partial charge in [0.25, 0.3) is 12.0 Å². The van der Waals surface area contributed by atoms with Crippen molar-refractivity contribution < 1.29 is 17.9 Å². The molecule has 8 nitrogen and oxygen atoms in total. The monoisotopic (exact) mass is 672 g/mol. The Morgan fingerprint density at radius 1 is 0.980 bits per heavy atom. The molecule has 0 atom stereocenters. The van der Waals surface area contributed by atoms with E-state index in [-0.39, 0.29) is 23.0 Å². The van der Waals surface area contributed by atoms with Crippen LogP contribution in [0.25, 0.3) is 22.0 Å². The summed E-state index contributed by atoms with van der Waals surface area (Å²) in [6.45, 7) is 7.70. The van der Waals surface area contributed by atoms with Gasteiger partial charge in [0.15, 0.2) is 0 Å². The fourth-order valence-corrected chi connectivity index (χ4v) is 7.17. The summed E-state index contributed by atoms with van der Waals surface area (Å²) < 4.78 is 53.2. The van der Waals surface area contributed by atoms with Crippen LogP contribution in [0.2, 0.25) is 0 Å². The van der Waals surface area contributed by atoms with Gasteiger partial charge in [-0.05, 0) is 80.1 Å². The number of anilines is 4. The van der Waals surface area contributed by atoms with E-state index in [9.17, 15) is 18.0 Å². The Bertz CT molecular complexity index is 2050. The molecule has 5 aromatic rings. The van der Waals surface area contributed by atoms with Gasteiger partial charge in [-0.3, -0.25) is 9.48 Å². The van der Waals surface area contributed by atoms with Crippen LogP contribution in [0.15, 0.2) is 65.7 Å². The van der Waals surface area contributed by atoms with Crippen LogP contribution in [0.3, 0.4) is 0 Å². The molecule has 0 spiro atoms. The lowest BCUT2D eigenvalue weighted by molar-refractivity contribution is 0.152. The van der Waals surface area contributed by atoms with Gasteiger partial charge in [0, 0.05) is 78.5 Å². The van der Waals surface area contributed by atoms with Crippen molar-refractivity contribution in [3.63, 3.8) is 0 Å². The Morgan fingerprint density at radius 2 is 1.73 bits per heavy atom. The molecule has 7 rings (SSSR count). The number of aryl methyl sites for hydroxylation is 3. The van der Waals surface area contributed by atoms with E-state index in [2.05, 4.69) is 10.00 Å². The summed E-state index contributed by atoms with van der Waals surface area (Å²) in [5.41, 5.74) is 11.4. The molecule has 2 aromatic heterocycles. The molecular formula is C38H43F3N6O2. The molecule has 1 saturated heterocycles. The van der Waals surface area contributed by atoms with Gasteiger partial charge >= 0.3 is 0 Å². The number of nitrogens with zero attached hydrogens (tertiary/aromatic N) is 5. The molecule has 49 heavy (non-hydrogen) atoms. The number of benzene rings is 3. The number of hydrogen-bond acceptors (Lipinski definition) is 6. The quantitative estimate of drug-likeness (QED) is 0.183. The van der Waals surface area contributed by atoms with Gasteiger partial charge in [0.05, 0.1) is 36.2 Å². The summed E-state index contributed by atoms with van der Waals surface area (Å²) in [6, 6.07) is 13.9. The van der Waals surface area contributed by atoms with E-state index in [4.69, 9.17) is 10.5 Å². The minimum atomic E-state index is -2.70. The summed E-state index contributed by atoms with van der Waals surface area (Å²) in [7, 11) is 3.31. The van der Waals surface area contributed by atoms with E-state index in [1.807, 2.05) is 53.9 Å². The van der Waals surface area contributed by atoms with Crippen LogP contribution in [-0.4, -0.2) is 41.1 Å². The van der Waals surface area contributed by atoms with Gasteiger partial charge in [-0.1, -0.05) is 13.8 Å². The van der Waals surface area contributed by atoms with Crippen LogP contribution in [0, 0.1) is 12.7 Å². The molecule has 2 aliphatic heterocycles. The lowest BCUT2D eigenvalue weighted by atomic mass is 9.92. The van der Waals surface area contributed by atoms with Crippen molar-refractivity contribution in [1.82, 2.24) is 14.3 Å². The lowest BCUT2D eigenvalue weighted by Crippen LogP contribution is -2.35. The van der Waals surface area contributed by atoms with E-state index in [0.717, 1.165) is 48.0 Å². The Balaban J connectivity index is 0.00000205. The van der Waals surface area contributed by atoms with E-state index in [1.54, 1.807) is 50.0 Å². The van der Waals surface area contributed by atoms with Crippen LogP contribution in [-0.2, 0) is 13.5 Å². The maximum absolute atomic E-state index is 14.8. The van der Waals surface area contributed by atoms with E-state index in [1.165, 1.54) is 6.07 Å². The van der Waals surface area contributed by atoms with Crippen molar-refractivity contribution in [2.75, 3.05) is 42.3 Å². The molecule has 4 heterocycles. The maximum Gasteiger partial charge on any atom is 0.264 e. The van der Waals surface area contributed by atoms with Gasteiger partial charge in [0.1, 0.15) is 11.6 Å². The number of hydrogen-bond donors (Lipinski definition) is 1. The smallest absolute Gasteiger partial charge is 0.264 e. The minimum absolute atomic E-state index is 0.0559. The number of alkyl halides is 2. The second-order valence-corrected chi connectivity index (χ2v) is 12.5. The average molecular weight is 673 g/mol. The van der Waals surface area contributed by atoms with Crippen molar-refractivity contribution in [3.8, 4) is 16.9 Å². The third-order valence-electron chi connectivity index (χ3n) is 9.67. The van der Waals surface area contributed by atoms with Crippen molar-refractivity contribution in [1.29, 1.82) is 0 Å². The number of halogens is 3. The number of nitrogen functional groups attached to an aromatic ring is 1. The zero-order chi connectivity index (χ0) is 35.0. The van der Waals surface area contributed by atoms with Crippen molar-refractivity contribution in [2.45, 2.75) is 58.9 Å². The zero-order valence-corrected chi connectivity index (χ0v) is 28.6. The first-order chi connectivity index (χ1) is 23.6. The van der Waals surface area contributed by atoms with Crippen LogP contribution in [0.5, 0.6) is 5.75 Å². The number of nitrogens with two attached hydrogens (primary N) is 1. The average Bonchev–Trinajstić information content (AvgIpc) is 3.61. The number of fused-ring (bicyclic) bond motifs is 2. The van der Waals surface area contributed by atoms with Gasteiger partial charge in [-0.2, -0.15) is 5.10 Å². The maximum atomic E-state index is 14.8. The molecule has 3 aromatic carbocycles. The third kappa shape index (κ3) is 6.34. The summed E-state index contributed by atoms with van der Waals surface area (Å²) in [4.78, 5) is 16.8. The predicted octanol–water partition coefficient (Wildman–Crippen LogP) is 8.33. The van der Waals surface area contributed by atoms with Gasteiger partial charge < -0.3 is 24.8 Å². The highest BCUT2D eigenvalue weighted by molar-refractivity contribution is 5.97. The van der Waals surface area contributed by atoms with Crippen LogP contribution < -0.4 is 25.8 Å². The molecule has 0 aliphatic carbocycles. The highest BCUT2D eigenvalue weighted by Crippen LogP contribution is 2.44. The van der Waals surface area contributed by atoms with Crippen LogP contribution in [0.1, 0.15) is 62.3 Å².